The summed E-state index contributed by atoms with van der Waals surface area (Å²) in [6, 6.07) is 14.2. The number of aromatic carboxylic acids is 1. The van der Waals surface area contributed by atoms with Gasteiger partial charge in [0.25, 0.3) is 0 Å². The van der Waals surface area contributed by atoms with E-state index in [2.05, 4.69) is 9.64 Å². The molecule has 6 nitrogen and oxygen atoms in total. The molecule has 0 aliphatic carbocycles. The number of unbranched alkanes of at least 4 members (excludes halogenated alkanes) is 1. The van der Waals surface area contributed by atoms with Crippen LogP contribution in [0.2, 0.25) is 0 Å². The van der Waals surface area contributed by atoms with Crippen molar-refractivity contribution < 1.29 is 24.5 Å². The Morgan fingerprint density at radius 1 is 1.00 bits per heavy atom. The molecule has 0 saturated carbocycles. The van der Waals surface area contributed by atoms with Crippen LogP contribution < -0.4 is 0 Å². The first-order chi connectivity index (χ1) is 13.5. The highest BCUT2D eigenvalue weighted by Crippen LogP contribution is 2.17. The lowest BCUT2D eigenvalue weighted by atomic mass is 10.1. The first kappa shape index (κ1) is 21.4. The number of nitrogens with zero attached hydrogens (tertiary/aromatic N) is 1. The average molecular weight is 385 g/mol. The molecule has 2 aromatic carbocycles. The van der Waals surface area contributed by atoms with Crippen LogP contribution in [0, 0.1) is 0 Å². The molecule has 0 saturated heterocycles. The minimum Gasteiger partial charge on any atom is -0.508 e. The molecule has 0 radical (unpaired) electrons. The summed E-state index contributed by atoms with van der Waals surface area (Å²) in [6.45, 7) is 2.22. The predicted molar refractivity (Wildman–Crippen MR) is 106 cm³/mol. The van der Waals surface area contributed by atoms with Crippen LogP contribution in [-0.4, -0.2) is 47.3 Å². The molecular formula is C22H27NO5. The van der Waals surface area contributed by atoms with Crippen LogP contribution in [0.5, 0.6) is 5.75 Å². The Kier molecular flexibility index (Phi) is 8.49. The van der Waals surface area contributed by atoms with Crippen molar-refractivity contribution in [3.05, 3.63) is 65.2 Å². The second-order valence-electron chi connectivity index (χ2n) is 6.69. The van der Waals surface area contributed by atoms with Gasteiger partial charge in [-0.3, -0.25) is 9.69 Å². The maximum atomic E-state index is 11.3. The van der Waals surface area contributed by atoms with Gasteiger partial charge in [-0.15, -0.1) is 0 Å². The van der Waals surface area contributed by atoms with Gasteiger partial charge in [0.2, 0.25) is 0 Å². The number of rotatable bonds is 11. The second-order valence-corrected chi connectivity index (χ2v) is 6.69. The summed E-state index contributed by atoms with van der Waals surface area (Å²) in [4.78, 5) is 24.5. The van der Waals surface area contributed by atoms with Crippen LogP contribution in [0.1, 0.15) is 40.7 Å². The second kappa shape index (κ2) is 11.1. The van der Waals surface area contributed by atoms with Gasteiger partial charge in [-0.2, -0.15) is 0 Å². The topological polar surface area (TPSA) is 87.1 Å². The van der Waals surface area contributed by atoms with Gasteiger partial charge < -0.3 is 14.9 Å². The molecule has 2 rings (SSSR count). The number of benzene rings is 2. The molecule has 0 spiro atoms. The molecule has 6 heteroatoms. The Morgan fingerprint density at radius 2 is 1.71 bits per heavy atom. The van der Waals surface area contributed by atoms with Crippen LogP contribution in [0.4, 0.5) is 0 Å². The number of methoxy groups -OCH3 is 1. The van der Waals surface area contributed by atoms with Crippen LogP contribution in [0.3, 0.4) is 0 Å². The lowest BCUT2D eigenvalue weighted by molar-refractivity contribution is -0.140. The van der Waals surface area contributed by atoms with Crippen molar-refractivity contribution >= 4 is 11.9 Å². The molecule has 0 aliphatic rings. The number of carboxylic acid groups (broad SMARTS) is 1. The number of aromatic hydroxyl groups is 1. The van der Waals surface area contributed by atoms with Crippen molar-refractivity contribution in [3.8, 4) is 5.75 Å². The molecule has 0 aromatic heterocycles. The smallest absolute Gasteiger partial charge is 0.335 e. The van der Waals surface area contributed by atoms with Gasteiger partial charge in [0.1, 0.15) is 5.75 Å². The number of hydrogen-bond donors (Lipinski definition) is 2. The van der Waals surface area contributed by atoms with E-state index in [0.717, 1.165) is 37.1 Å². The van der Waals surface area contributed by atoms with Gasteiger partial charge in [0, 0.05) is 19.5 Å². The fraction of sp³-hybridized carbons (Fsp3) is 0.364. The van der Waals surface area contributed by atoms with Crippen LogP contribution >= 0.6 is 0 Å². The van der Waals surface area contributed by atoms with Gasteiger partial charge in [0.15, 0.2) is 0 Å². The fourth-order valence-electron chi connectivity index (χ4n) is 2.99. The Morgan fingerprint density at radius 3 is 2.36 bits per heavy atom. The number of carbonyl (C=O) groups is 2. The molecule has 0 bridgehead atoms. The molecule has 2 aromatic rings. The third-order valence-electron chi connectivity index (χ3n) is 4.63. The van der Waals surface area contributed by atoms with Crippen molar-refractivity contribution in [1.29, 1.82) is 0 Å². The van der Waals surface area contributed by atoms with E-state index in [1.54, 1.807) is 24.3 Å². The molecule has 0 amide bonds. The minimum absolute atomic E-state index is 0.204. The number of phenols is 1. The highest BCUT2D eigenvalue weighted by atomic mass is 16.5. The molecule has 2 N–H and O–H groups in total. The lowest BCUT2D eigenvalue weighted by Crippen LogP contribution is -2.27. The molecule has 150 valence electrons. The fourth-order valence-corrected chi connectivity index (χ4v) is 2.99. The minimum atomic E-state index is -0.939. The first-order valence-electron chi connectivity index (χ1n) is 9.38. The van der Waals surface area contributed by atoms with Gasteiger partial charge in [0.05, 0.1) is 12.7 Å². The number of phenolic OH excluding ortho intramolecular Hbond substituents is 1. The third kappa shape index (κ3) is 7.04. The summed E-state index contributed by atoms with van der Waals surface area (Å²) < 4.78 is 4.67. The number of para-hydroxylation sites is 1. The van der Waals surface area contributed by atoms with Gasteiger partial charge >= 0.3 is 11.9 Å². The molecule has 0 atom stereocenters. The summed E-state index contributed by atoms with van der Waals surface area (Å²) in [6.07, 6.45) is 2.70. The third-order valence-corrected chi connectivity index (χ3v) is 4.63. The quantitative estimate of drug-likeness (QED) is 0.455. The van der Waals surface area contributed by atoms with Crippen molar-refractivity contribution in [2.45, 2.75) is 32.2 Å². The van der Waals surface area contributed by atoms with E-state index in [1.165, 1.54) is 7.11 Å². The number of ether oxygens (including phenoxy) is 1. The largest absolute Gasteiger partial charge is 0.508 e. The van der Waals surface area contributed by atoms with Gasteiger partial charge in [-0.05, 0) is 55.1 Å². The first-order valence-corrected chi connectivity index (χ1v) is 9.38. The molecule has 28 heavy (non-hydrogen) atoms. The number of carboxylic acids is 1. The standard InChI is InChI=1S/C22H27NO5/c1-28-21(25)8-4-5-14-23(15-13-18-6-2-3-7-20(18)24)16-17-9-11-19(12-10-17)22(26)27/h2-3,6-7,9-12,24H,4-5,8,13-16H2,1H3,(H,26,27). The van der Waals surface area contributed by atoms with E-state index >= 15 is 0 Å². The Balaban J connectivity index is 1.97. The molecule has 0 aliphatic heterocycles. The molecule has 0 heterocycles. The van der Waals surface area contributed by atoms with Crippen LogP contribution in [-0.2, 0) is 22.5 Å². The maximum absolute atomic E-state index is 11.3. The normalized spacial score (nSPS) is 10.8. The summed E-state index contributed by atoms with van der Waals surface area (Å²) in [5.74, 6) is -0.852. The number of hydrogen-bond acceptors (Lipinski definition) is 5. The van der Waals surface area contributed by atoms with Crippen molar-refractivity contribution in [2.24, 2.45) is 0 Å². The Labute approximate surface area is 165 Å². The monoisotopic (exact) mass is 385 g/mol. The number of carbonyl (C=O) groups excluding carboxylic acids is 1. The van der Waals surface area contributed by atoms with Crippen LogP contribution in [0.25, 0.3) is 0 Å². The molecule has 0 fully saturated rings. The summed E-state index contributed by atoms with van der Waals surface area (Å²) in [5.41, 5.74) is 2.18. The van der Waals surface area contributed by atoms with E-state index in [0.29, 0.717) is 25.1 Å². The zero-order chi connectivity index (χ0) is 20.4. The van der Waals surface area contributed by atoms with Crippen molar-refractivity contribution in [3.63, 3.8) is 0 Å². The van der Waals surface area contributed by atoms with Crippen molar-refractivity contribution in [1.82, 2.24) is 4.90 Å². The average Bonchev–Trinajstić information content (AvgIpc) is 2.70. The highest BCUT2D eigenvalue weighted by molar-refractivity contribution is 5.87. The summed E-state index contributed by atoms with van der Waals surface area (Å²) in [7, 11) is 1.39. The summed E-state index contributed by atoms with van der Waals surface area (Å²) >= 11 is 0. The summed E-state index contributed by atoms with van der Waals surface area (Å²) in [5, 5.41) is 19.0. The Hall–Kier alpha value is -2.86. The molecule has 0 unspecified atom stereocenters. The number of esters is 1. The highest BCUT2D eigenvalue weighted by Gasteiger charge is 2.10. The van der Waals surface area contributed by atoms with E-state index in [1.807, 2.05) is 24.3 Å². The van der Waals surface area contributed by atoms with Gasteiger partial charge in [-0.25, -0.2) is 4.79 Å². The lowest BCUT2D eigenvalue weighted by Gasteiger charge is -2.23. The van der Waals surface area contributed by atoms with E-state index < -0.39 is 5.97 Å². The van der Waals surface area contributed by atoms with Crippen LogP contribution in [0.15, 0.2) is 48.5 Å². The van der Waals surface area contributed by atoms with E-state index in [-0.39, 0.29) is 11.5 Å². The molecular weight excluding hydrogens is 358 g/mol. The predicted octanol–water partition coefficient (Wildman–Crippen LogP) is 3.48. The van der Waals surface area contributed by atoms with Crippen molar-refractivity contribution in [2.75, 3.05) is 20.2 Å². The maximum Gasteiger partial charge on any atom is 0.335 e. The van der Waals surface area contributed by atoms with E-state index in [4.69, 9.17) is 5.11 Å². The van der Waals surface area contributed by atoms with Gasteiger partial charge in [-0.1, -0.05) is 30.3 Å². The zero-order valence-electron chi connectivity index (χ0n) is 16.1. The SMILES string of the molecule is COC(=O)CCCCN(CCc1ccccc1O)Cc1ccc(C(=O)O)cc1. The van der Waals surface area contributed by atoms with E-state index in [9.17, 15) is 14.7 Å². The zero-order valence-corrected chi connectivity index (χ0v) is 16.1. The Bertz CT molecular complexity index is 773.